The predicted molar refractivity (Wildman–Crippen MR) is 84.3 cm³/mol. The Balaban J connectivity index is 2.52. The summed E-state index contributed by atoms with van der Waals surface area (Å²) in [7, 11) is 3.47. The number of aryl methyl sites for hydroxylation is 1. The summed E-state index contributed by atoms with van der Waals surface area (Å²) in [5.74, 6) is 2.79. The molecule has 1 aromatic carbocycles. The van der Waals surface area contributed by atoms with Crippen molar-refractivity contribution in [2.24, 2.45) is 4.99 Å². The van der Waals surface area contributed by atoms with Gasteiger partial charge in [0.05, 0.1) is 7.11 Å². The van der Waals surface area contributed by atoms with E-state index < -0.39 is 0 Å². The number of hydrogen-bond donors (Lipinski definition) is 2. The van der Waals surface area contributed by atoms with Gasteiger partial charge in [-0.25, -0.2) is 0 Å². The van der Waals surface area contributed by atoms with Crippen LogP contribution in [0.25, 0.3) is 0 Å². The molecular weight excluding hydrogens is 258 g/mol. The van der Waals surface area contributed by atoms with Gasteiger partial charge in [0, 0.05) is 25.9 Å². The molecule has 0 unspecified atom stereocenters. The third-order valence-corrected chi connectivity index (χ3v) is 3.24. The van der Waals surface area contributed by atoms with E-state index in [1.807, 2.05) is 23.9 Å². The predicted octanol–water partition coefficient (Wildman–Crippen LogP) is 2.03. The molecule has 2 N–H and O–H groups in total. The number of benzene rings is 1. The fourth-order valence-electron chi connectivity index (χ4n) is 1.72. The highest BCUT2D eigenvalue weighted by Gasteiger charge is 2.01. The third kappa shape index (κ3) is 5.87. The number of thioether (sulfide) groups is 1. The minimum Gasteiger partial charge on any atom is -0.497 e. The van der Waals surface area contributed by atoms with Gasteiger partial charge in [-0.3, -0.25) is 4.99 Å². The van der Waals surface area contributed by atoms with Gasteiger partial charge in [0.1, 0.15) is 5.75 Å². The summed E-state index contributed by atoms with van der Waals surface area (Å²) in [6, 6.07) is 6.20. The molecule has 0 atom stereocenters. The summed E-state index contributed by atoms with van der Waals surface area (Å²) in [6.07, 6.45) is 2.09. The summed E-state index contributed by atoms with van der Waals surface area (Å²) in [5, 5.41) is 6.57. The second-order valence-electron chi connectivity index (χ2n) is 4.20. The van der Waals surface area contributed by atoms with E-state index in [0.29, 0.717) is 0 Å². The average Bonchev–Trinajstić information content (AvgIpc) is 2.42. The van der Waals surface area contributed by atoms with Gasteiger partial charge in [-0.2, -0.15) is 11.8 Å². The molecule has 0 heterocycles. The lowest BCUT2D eigenvalue weighted by Gasteiger charge is -2.12. The van der Waals surface area contributed by atoms with E-state index in [0.717, 1.165) is 30.6 Å². The van der Waals surface area contributed by atoms with Gasteiger partial charge in [-0.05, 0) is 36.4 Å². The maximum absolute atomic E-state index is 5.27. The van der Waals surface area contributed by atoms with E-state index in [1.165, 1.54) is 11.1 Å². The summed E-state index contributed by atoms with van der Waals surface area (Å²) >= 11 is 1.81. The molecule has 0 aliphatic rings. The number of nitrogens with one attached hydrogen (secondary N) is 2. The van der Waals surface area contributed by atoms with E-state index in [9.17, 15) is 0 Å². The first-order chi connectivity index (χ1) is 9.19. The van der Waals surface area contributed by atoms with Crippen molar-refractivity contribution in [1.29, 1.82) is 0 Å². The van der Waals surface area contributed by atoms with Crippen LogP contribution in [-0.4, -0.2) is 38.7 Å². The Morgan fingerprint density at radius 2 is 2.11 bits per heavy atom. The monoisotopic (exact) mass is 281 g/mol. The van der Waals surface area contributed by atoms with E-state index >= 15 is 0 Å². The van der Waals surface area contributed by atoms with Gasteiger partial charge < -0.3 is 15.4 Å². The largest absolute Gasteiger partial charge is 0.497 e. The first-order valence-corrected chi connectivity index (χ1v) is 7.67. The molecule has 1 aromatic rings. The van der Waals surface area contributed by atoms with Crippen LogP contribution < -0.4 is 15.4 Å². The van der Waals surface area contributed by atoms with Crippen LogP contribution >= 0.6 is 11.8 Å². The Kier molecular flexibility index (Phi) is 7.18. The normalized spacial score (nSPS) is 11.3. The maximum Gasteiger partial charge on any atom is 0.191 e. The van der Waals surface area contributed by atoms with Gasteiger partial charge >= 0.3 is 0 Å². The number of hydrogen-bond acceptors (Lipinski definition) is 3. The molecule has 0 aliphatic heterocycles. The fraction of sp³-hybridized carbons (Fsp3) is 0.500. The molecular formula is C14H23N3OS. The third-order valence-electron chi connectivity index (χ3n) is 2.63. The van der Waals surface area contributed by atoms with Crippen LogP contribution in [0.15, 0.2) is 23.2 Å². The molecule has 1 rings (SSSR count). The standard InChI is InChI=1S/C14H23N3OS/c1-11-7-12(9-13(8-11)18-3)10-17-14(15-2)16-5-6-19-4/h7-9H,5-6,10H2,1-4H3,(H2,15,16,17). The average molecular weight is 281 g/mol. The smallest absolute Gasteiger partial charge is 0.191 e. The minimum absolute atomic E-state index is 0.733. The number of aliphatic imine (C=N–C) groups is 1. The second kappa shape index (κ2) is 8.69. The van der Waals surface area contributed by atoms with Crippen LogP contribution in [0.5, 0.6) is 5.75 Å². The van der Waals surface area contributed by atoms with Gasteiger partial charge in [0.25, 0.3) is 0 Å². The first kappa shape index (κ1) is 15.7. The summed E-state index contributed by atoms with van der Waals surface area (Å²) < 4.78 is 5.27. The van der Waals surface area contributed by atoms with Crippen LogP contribution in [0.1, 0.15) is 11.1 Å². The van der Waals surface area contributed by atoms with Crippen molar-refractivity contribution in [3.05, 3.63) is 29.3 Å². The lowest BCUT2D eigenvalue weighted by atomic mass is 10.1. The number of nitrogens with zero attached hydrogens (tertiary/aromatic N) is 1. The number of rotatable bonds is 6. The van der Waals surface area contributed by atoms with Crippen molar-refractivity contribution in [3.8, 4) is 5.75 Å². The number of ether oxygens (including phenoxy) is 1. The topological polar surface area (TPSA) is 45.7 Å². The van der Waals surface area contributed by atoms with Crippen molar-refractivity contribution in [3.63, 3.8) is 0 Å². The van der Waals surface area contributed by atoms with Crippen molar-refractivity contribution >= 4 is 17.7 Å². The van der Waals surface area contributed by atoms with E-state index in [4.69, 9.17) is 4.74 Å². The van der Waals surface area contributed by atoms with Gasteiger partial charge in [-0.1, -0.05) is 6.07 Å². The van der Waals surface area contributed by atoms with Crippen molar-refractivity contribution in [2.45, 2.75) is 13.5 Å². The Hall–Kier alpha value is -1.36. The fourth-order valence-corrected chi connectivity index (χ4v) is 2.03. The number of methoxy groups -OCH3 is 1. The van der Waals surface area contributed by atoms with E-state index in [2.05, 4.69) is 34.9 Å². The lowest BCUT2D eigenvalue weighted by molar-refractivity contribution is 0.414. The molecule has 106 valence electrons. The van der Waals surface area contributed by atoms with E-state index in [1.54, 1.807) is 14.2 Å². The Bertz CT molecular complexity index is 421. The molecule has 0 aromatic heterocycles. The molecule has 0 radical (unpaired) electrons. The molecule has 5 heteroatoms. The molecule has 0 saturated heterocycles. The van der Waals surface area contributed by atoms with Crippen molar-refractivity contribution in [1.82, 2.24) is 10.6 Å². The van der Waals surface area contributed by atoms with Gasteiger partial charge in [0.15, 0.2) is 5.96 Å². The van der Waals surface area contributed by atoms with Crippen LogP contribution in [0.4, 0.5) is 0 Å². The Morgan fingerprint density at radius 3 is 2.74 bits per heavy atom. The SMILES string of the molecule is CN=C(NCCSC)NCc1cc(C)cc(OC)c1. The first-order valence-electron chi connectivity index (χ1n) is 6.27. The molecule has 4 nitrogen and oxygen atoms in total. The Labute approximate surface area is 120 Å². The lowest BCUT2D eigenvalue weighted by Crippen LogP contribution is -2.37. The highest BCUT2D eigenvalue weighted by atomic mass is 32.2. The van der Waals surface area contributed by atoms with Crippen LogP contribution in [0.3, 0.4) is 0 Å². The van der Waals surface area contributed by atoms with Gasteiger partial charge in [0.2, 0.25) is 0 Å². The molecule has 0 spiro atoms. The summed E-state index contributed by atoms with van der Waals surface area (Å²) in [5.41, 5.74) is 2.38. The second-order valence-corrected chi connectivity index (χ2v) is 5.19. The zero-order valence-corrected chi connectivity index (χ0v) is 12.9. The van der Waals surface area contributed by atoms with Crippen molar-refractivity contribution in [2.75, 3.05) is 32.7 Å². The highest BCUT2D eigenvalue weighted by molar-refractivity contribution is 7.98. The quantitative estimate of drug-likeness (QED) is 0.476. The molecule has 0 aliphatic carbocycles. The zero-order valence-electron chi connectivity index (χ0n) is 12.1. The molecule has 0 bridgehead atoms. The summed E-state index contributed by atoms with van der Waals surface area (Å²) in [6.45, 7) is 3.71. The Morgan fingerprint density at radius 1 is 1.32 bits per heavy atom. The minimum atomic E-state index is 0.733. The number of guanidine groups is 1. The maximum atomic E-state index is 5.27. The van der Waals surface area contributed by atoms with E-state index in [-0.39, 0.29) is 0 Å². The van der Waals surface area contributed by atoms with Gasteiger partial charge in [-0.15, -0.1) is 0 Å². The molecule has 0 fully saturated rings. The van der Waals surface area contributed by atoms with Crippen LogP contribution in [-0.2, 0) is 6.54 Å². The van der Waals surface area contributed by atoms with Crippen LogP contribution in [0, 0.1) is 6.92 Å². The summed E-state index contributed by atoms with van der Waals surface area (Å²) in [4.78, 5) is 4.19. The zero-order chi connectivity index (χ0) is 14.1. The molecule has 0 saturated carbocycles. The van der Waals surface area contributed by atoms with Crippen molar-refractivity contribution < 1.29 is 4.74 Å². The molecule has 19 heavy (non-hydrogen) atoms. The molecule has 0 amide bonds. The van der Waals surface area contributed by atoms with Crippen LogP contribution in [0.2, 0.25) is 0 Å². The highest BCUT2D eigenvalue weighted by Crippen LogP contribution is 2.16.